The standard InChI is InChI=1S/C12H20N2/c1-9-4-7-12(8-9)13-14-10(2)5-6-11(14)3/h5-6,9,12-13H,4,7-8H2,1-3H3. The fourth-order valence-electron chi connectivity index (χ4n) is 2.38. The van der Waals surface area contributed by atoms with Crippen molar-refractivity contribution in [1.29, 1.82) is 0 Å². The highest BCUT2D eigenvalue weighted by molar-refractivity contribution is 5.16. The van der Waals surface area contributed by atoms with Gasteiger partial charge in [-0.3, -0.25) is 4.68 Å². The van der Waals surface area contributed by atoms with Gasteiger partial charge < -0.3 is 5.43 Å². The minimum atomic E-state index is 0.676. The van der Waals surface area contributed by atoms with Crippen LogP contribution < -0.4 is 5.43 Å². The van der Waals surface area contributed by atoms with Crippen LogP contribution in [0.25, 0.3) is 0 Å². The van der Waals surface area contributed by atoms with E-state index in [4.69, 9.17) is 0 Å². The van der Waals surface area contributed by atoms with Crippen LogP contribution in [0, 0.1) is 19.8 Å². The Morgan fingerprint density at radius 2 is 1.86 bits per heavy atom. The molecular weight excluding hydrogens is 172 g/mol. The van der Waals surface area contributed by atoms with Gasteiger partial charge in [0.2, 0.25) is 0 Å². The molecule has 1 heterocycles. The smallest absolute Gasteiger partial charge is 0.0427 e. The van der Waals surface area contributed by atoms with Crippen LogP contribution in [0.2, 0.25) is 0 Å². The van der Waals surface area contributed by atoms with Crippen LogP contribution in [-0.4, -0.2) is 10.7 Å². The quantitative estimate of drug-likeness (QED) is 0.762. The Balaban J connectivity index is 2.04. The summed E-state index contributed by atoms with van der Waals surface area (Å²) in [5.74, 6) is 0.892. The van der Waals surface area contributed by atoms with Gasteiger partial charge in [0.15, 0.2) is 0 Å². The van der Waals surface area contributed by atoms with Gasteiger partial charge in [0.05, 0.1) is 0 Å². The highest BCUT2D eigenvalue weighted by Gasteiger charge is 2.21. The number of nitrogens with zero attached hydrogens (tertiary/aromatic N) is 1. The van der Waals surface area contributed by atoms with Gasteiger partial charge in [-0.15, -0.1) is 0 Å². The lowest BCUT2D eigenvalue weighted by Gasteiger charge is -2.18. The first kappa shape index (κ1) is 9.63. The zero-order valence-corrected chi connectivity index (χ0v) is 9.38. The summed E-state index contributed by atoms with van der Waals surface area (Å²) in [6, 6.07) is 5.01. The van der Waals surface area contributed by atoms with Gasteiger partial charge in [-0.05, 0) is 51.2 Å². The predicted molar refractivity (Wildman–Crippen MR) is 60.1 cm³/mol. The Labute approximate surface area is 86.3 Å². The third-order valence-electron chi connectivity index (χ3n) is 3.28. The van der Waals surface area contributed by atoms with E-state index in [1.165, 1.54) is 30.7 Å². The van der Waals surface area contributed by atoms with E-state index in [0.29, 0.717) is 6.04 Å². The summed E-state index contributed by atoms with van der Waals surface area (Å²) in [6.07, 6.45) is 4.01. The summed E-state index contributed by atoms with van der Waals surface area (Å²) in [5.41, 5.74) is 6.22. The number of hydrogen-bond acceptors (Lipinski definition) is 1. The molecule has 1 aliphatic rings. The minimum absolute atomic E-state index is 0.676. The molecule has 1 aromatic rings. The Kier molecular flexibility index (Phi) is 2.53. The Bertz CT molecular complexity index is 295. The fourth-order valence-corrected chi connectivity index (χ4v) is 2.38. The molecule has 2 atom stereocenters. The van der Waals surface area contributed by atoms with Crippen molar-refractivity contribution in [1.82, 2.24) is 4.68 Å². The average molecular weight is 192 g/mol. The predicted octanol–water partition coefficient (Wildman–Crippen LogP) is 2.84. The van der Waals surface area contributed by atoms with Crippen molar-refractivity contribution in [2.24, 2.45) is 5.92 Å². The topological polar surface area (TPSA) is 17.0 Å². The molecular formula is C12H20N2. The molecule has 0 aromatic carbocycles. The molecule has 0 amide bonds. The molecule has 14 heavy (non-hydrogen) atoms. The molecule has 1 aliphatic carbocycles. The molecule has 1 fully saturated rings. The van der Waals surface area contributed by atoms with Crippen LogP contribution in [0.4, 0.5) is 0 Å². The summed E-state index contributed by atoms with van der Waals surface area (Å²) in [4.78, 5) is 0. The third-order valence-corrected chi connectivity index (χ3v) is 3.28. The van der Waals surface area contributed by atoms with Crippen molar-refractivity contribution in [3.05, 3.63) is 23.5 Å². The van der Waals surface area contributed by atoms with Gasteiger partial charge in [-0.25, -0.2) is 0 Å². The third kappa shape index (κ3) is 1.79. The molecule has 1 saturated carbocycles. The van der Waals surface area contributed by atoms with E-state index in [2.05, 4.69) is 43.0 Å². The van der Waals surface area contributed by atoms with Gasteiger partial charge >= 0.3 is 0 Å². The maximum absolute atomic E-state index is 3.60. The first-order valence-corrected chi connectivity index (χ1v) is 5.58. The number of rotatable bonds is 2. The van der Waals surface area contributed by atoms with E-state index in [0.717, 1.165) is 5.92 Å². The van der Waals surface area contributed by atoms with E-state index >= 15 is 0 Å². The molecule has 0 aliphatic heterocycles. The Hall–Kier alpha value is -0.920. The SMILES string of the molecule is Cc1ccc(C)n1NC1CCC(C)C1. The van der Waals surface area contributed by atoms with Crippen LogP contribution in [-0.2, 0) is 0 Å². The van der Waals surface area contributed by atoms with Gasteiger partial charge in [0.1, 0.15) is 0 Å². The second-order valence-corrected chi connectivity index (χ2v) is 4.70. The van der Waals surface area contributed by atoms with E-state index < -0.39 is 0 Å². The zero-order valence-electron chi connectivity index (χ0n) is 9.38. The lowest BCUT2D eigenvalue weighted by atomic mass is 10.1. The van der Waals surface area contributed by atoms with E-state index in [1.807, 2.05) is 0 Å². The lowest BCUT2D eigenvalue weighted by Crippen LogP contribution is -2.27. The van der Waals surface area contributed by atoms with Gasteiger partial charge in [-0.2, -0.15) is 0 Å². The fraction of sp³-hybridized carbons (Fsp3) is 0.667. The number of aryl methyl sites for hydroxylation is 2. The largest absolute Gasteiger partial charge is 0.323 e. The van der Waals surface area contributed by atoms with Gasteiger partial charge in [0.25, 0.3) is 0 Å². The van der Waals surface area contributed by atoms with Crippen molar-refractivity contribution in [2.45, 2.75) is 46.1 Å². The van der Waals surface area contributed by atoms with Crippen LogP contribution in [0.1, 0.15) is 37.6 Å². The monoisotopic (exact) mass is 192 g/mol. The van der Waals surface area contributed by atoms with Crippen molar-refractivity contribution < 1.29 is 0 Å². The van der Waals surface area contributed by atoms with Gasteiger partial charge in [-0.1, -0.05) is 6.92 Å². The molecule has 1 N–H and O–H groups in total. The van der Waals surface area contributed by atoms with Crippen molar-refractivity contribution in [3.8, 4) is 0 Å². The van der Waals surface area contributed by atoms with E-state index in [9.17, 15) is 0 Å². The maximum atomic E-state index is 3.60. The first-order valence-electron chi connectivity index (χ1n) is 5.58. The highest BCUT2D eigenvalue weighted by Crippen LogP contribution is 2.25. The number of aromatic nitrogens is 1. The first-order chi connectivity index (χ1) is 6.66. The summed E-state index contributed by atoms with van der Waals surface area (Å²) in [5, 5.41) is 0. The molecule has 2 unspecified atom stereocenters. The summed E-state index contributed by atoms with van der Waals surface area (Å²) < 4.78 is 2.22. The maximum Gasteiger partial charge on any atom is 0.0427 e. The molecule has 2 heteroatoms. The molecule has 2 nitrogen and oxygen atoms in total. The summed E-state index contributed by atoms with van der Waals surface area (Å²) in [6.45, 7) is 6.65. The molecule has 2 rings (SSSR count). The van der Waals surface area contributed by atoms with Crippen molar-refractivity contribution >= 4 is 0 Å². The molecule has 78 valence electrons. The average Bonchev–Trinajstić information content (AvgIpc) is 2.67. The molecule has 0 saturated heterocycles. The normalized spacial score (nSPS) is 26.8. The summed E-state index contributed by atoms with van der Waals surface area (Å²) >= 11 is 0. The molecule has 0 bridgehead atoms. The second kappa shape index (κ2) is 3.68. The second-order valence-electron chi connectivity index (χ2n) is 4.70. The van der Waals surface area contributed by atoms with Crippen LogP contribution in [0.3, 0.4) is 0 Å². The molecule has 0 radical (unpaired) electrons. The minimum Gasteiger partial charge on any atom is -0.323 e. The Morgan fingerprint density at radius 1 is 1.21 bits per heavy atom. The Morgan fingerprint density at radius 3 is 2.36 bits per heavy atom. The number of hydrogen-bond donors (Lipinski definition) is 1. The van der Waals surface area contributed by atoms with Crippen LogP contribution >= 0.6 is 0 Å². The molecule has 0 spiro atoms. The van der Waals surface area contributed by atoms with Crippen LogP contribution in [0.15, 0.2) is 12.1 Å². The van der Waals surface area contributed by atoms with E-state index in [-0.39, 0.29) is 0 Å². The zero-order chi connectivity index (χ0) is 10.1. The van der Waals surface area contributed by atoms with Crippen molar-refractivity contribution in [3.63, 3.8) is 0 Å². The highest BCUT2D eigenvalue weighted by atomic mass is 15.4. The lowest BCUT2D eigenvalue weighted by molar-refractivity contribution is 0.581. The van der Waals surface area contributed by atoms with Crippen molar-refractivity contribution in [2.75, 3.05) is 5.43 Å². The van der Waals surface area contributed by atoms with Crippen LogP contribution in [0.5, 0.6) is 0 Å². The molecule has 1 aromatic heterocycles. The van der Waals surface area contributed by atoms with E-state index in [1.54, 1.807) is 0 Å². The number of nitrogens with one attached hydrogen (secondary N) is 1. The van der Waals surface area contributed by atoms with Gasteiger partial charge in [0, 0.05) is 17.4 Å². The summed E-state index contributed by atoms with van der Waals surface area (Å²) in [7, 11) is 0.